The summed E-state index contributed by atoms with van der Waals surface area (Å²) in [7, 11) is 0. The van der Waals surface area contributed by atoms with E-state index < -0.39 is 0 Å². The maximum Gasteiger partial charge on any atom is 0.197 e. The van der Waals surface area contributed by atoms with E-state index >= 15 is 0 Å². The van der Waals surface area contributed by atoms with Crippen LogP contribution in [-0.2, 0) is 0 Å². The van der Waals surface area contributed by atoms with Gasteiger partial charge in [-0.3, -0.25) is 4.79 Å². The van der Waals surface area contributed by atoms with Gasteiger partial charge in [-0.25, -0.2) is 0 Å². The molecule has 1 fully saturated rings. The van der Waals surface area contributed by atoms with Crippen molar-refractivity contribution in [3.8, 4) is 17.1 Å². The molecule has 6 heteroatoms. The molecule has 1 aliphatic heterocycles. The summed E-state index contributed by atoms with van der Waals surface area (Å²) in [6, 6.07) is 16.7. The normalized spacial score (nSPS) is 14.9. The Morgan fingerprint density at radius 3 is 2.50 bits per heavy atom. The van der Waals surface area contributed by atoms with E-state index in [4.69, 9.17) is 9.15 Å². The number of benzene rings is 2. The Balaban J connectivity index is 0.00000289. The van der Waals surface area contributed by atoms with E-state index in [9.17, 15) is 9.90 Å². The predicted octanol–water partition coefficient (Wildman–Crippen LogP) is 5.28. The number of ether oxygens (including phenoxy) is 1. The van der Waals surface area contributed by atoms with Crippen molar-refractivity contribution >= 4 is 23.4 Å². The molecular weight excluding hydrogens is 426 g/mol. The fourth-order valence-corrected chi connectivity index (χ4v) is 4.16. The Morgan fingerprint density at radius 1 is 0.969 bits per heavy atom. The highest BCUT2D eigenvalue weighted by Crippen LogP contribution is 2.27. The van der Waals surface area contributed by atoms with Crippen molar-refractivity contribution < 1.29 is 14.3 Å². The Bertz CT molecular complexity index is 1030. The van der Waals surface area contributed by atoms with Crippen LogP contribution in [0.5, 0.6) is 5.75 Å². The molecule has 1 N–H and O–H groups in total. The van der Waals surface area contributed by atoms with Crippen LogP contribution in [0.25, 0.3) is 22.3 Å². The van der Waals surface area contributed by atoms with Gasteiger partial charge in [-0.15, -0.1) is 12.4 Å². The first-order valence-electron chi connectivity index (χ1n) is 11.4. The van der Waals surface area contributed by atoms with E-state index in [1.165, 1.54) is 12.8 Å². The van der Waals surface area contributed by atoms with Gasteiger partial charge in [0.05, 0.1) is 12.7 Å². The number of halogens is 1. The molecule has 0 atom stereocenters. The van der Waals surface area contributed by atoms with Crippen LogP contribution in [0, 0.1) is 0 Å². The second-order valence-corrected chi connectivity index (χ2v) is 8.31. The Kier molecular flexibility index (Phi) is 9.15. The van der Waals surface area contributed by atoms with Gasteiger partial charge in [0.25, 0.3) is 0 Å². The zero-order valence-corrected chi connectivity index (χ0v) is 19.2. The molecular formula is C26H32ClNO4. The third-order valence-electron chi connectivity index (χ3n) is 5.96. The van der Waals surface area contributed by atoms with Crippen LogP contribution in [0.1, 0.15) is 38.5 Å². The smallest absolute Gasteiger partial charge is 0.197 e. The molecule has 2 aromatic carbocycles. The molecule has 0 bridgehead atoms. The van der Waals surface area contributed by atoms with Crippen molar-refractivity contribution in [2.45, 2.75) is 44.6 Å². The predicted molar refractivity (Wildman–Crippen MR) is 131 cm³/mol. The van der Waals surface area contributed by atoms with Gasteiger partial charge < -0.3 is 19.2 Å². The SMILES string of the molecule is Cl.O=c1cc(-c2ccccc2)oc2cccc(OCCCCCCN3CCC(O)CC3)c12. The molecule has 5 nitrogen and oxygen atoms in total. The molecule has 0 amide bonds. The Morgan fingerprint density at radius 2 is 1.72 bits per heavy atom. The number of hydrogen-bond donors (Lipinski definition) is 1. The second-order valence-electron chi connectivity index (χ2n) is 8.31. The van der Waals surface area contributed by atoms with Crippen molar-refractivity contribution in [1.82, 2.24) is 4.90 Å². The zero-order valence-electron chi connectivity index (χ0n) is 18.4. The first-order chi connectivity index (χ1) is 15.2. The highest BCUT2D eigenvalue weighted by atomic mass is 35.5. The average Bonchev–Trinajstić information content (AvgIpc) is 2.80. The number of piperidine rings is 1. The van der Waals surface area contributed by atoms with Crippen LogP contribution >= 0.6 is 12.4 Å². The van der Waals surface area contributed by atoms with Crippen LogP contribution in [0.3, 0.4) is 0 Å². The summed E-state index contributed by atoms with van der Waals surface area (Å²) < 4.78 is 11.9. The van der Waals surface area contributed by atoms with E-state index in [1.54, 1.807) is 6.07 Å². The van der Waals surface area contributed by atoms with Gasteiger partial charge in [-0.05, 0) is 44.4 Å². The van der Waals surface area contributed by atoms with Gasteiger partial charge in [0.2, 0.25) is 0 Å². The molecule has 0 radical (unpaired) electrons. The number of unbranched alkanes of at least 4 members (excludes halogenated alkanes) is 3. The molecule has 3 aromatic rings. The summed E-state index contributed by atoms with van der Waals surface area (Å²) in [5, 5.41) is 10.1. The number of aliphatic hydroxyl groups is 1. The summed E-state index contributed by atoms with van der Waals surface area (Å²) in [6.07, 6.45) is 6.11. The minimum Gasteiger partial charge on any atom is -0.493 e. The number of fused-ring (bicyclic) bond motifs is 1. The van der Waals surface area contributed by atoms with Gasteiger partial charge in [-0.2, -0.15) is 0 Å². The zero-order chi connectivity index (χ0) is 21.5. The van der Waals surface area contributed by atoms with Crippen LogP contribution in [0.15, 0.2) is 63.8 Å². The monoisotopic (exact) mass is 457 g/mol. The molecule has 32 heavy (non-hydrogen) atoms. The topological polar surface area (TPSA) is 62.9 Å². The molecule has 2 heterocycles. The van der Waals surface area contributed by atoms with Gasteiger partial charge in [0, 0.05) is 24.7 Å². The fourth-order valence-electron chi connectivity index (χ4n) is 4.16. The maximum absolute atomic E-state index is 12.8. The number of likely N-dealkylation sites (tertiary alicyclic amines) is 1. The average molecular weight is 458 g/mol. The fraction of sp³-hybridized carbons (Fsp3) is 0.423. The van der Waals surface area contributed by atoms with Crippen molar-refractivity contribution in [1.29, 1.82) is 0 Å². The van der Waals surface area contributed by atoms with Gasteiger partial charge in [0.15, 0.2) is 5.43 Å². The van der Waals surface area contributed by atoms with E-state index in [-0.39, 0.29) is 23.9 Å². The number of hydrogen-bond acceptors (Lipinski definition) is 5. The van der Waals surface area contributed by atoms with Crippen molar-refractivity contribution in [3.05, 3.63) is 64.8 Å². The third-order valence-corrected chi connectivity index (χ3v) is 5.96. The quantitative estimate of drug-likeness (QED) is 0.443. The lowest BCUT2D eigenvalue weighted by atomic mass is 10.1. The van der Waals surface area contributed by atoms with Crippen molar-refractivity contribution in [2.75, 3.05) is 26.2 Å². The summed E-state index contributed by atoms with van der Waals surface area (Å²) in [4.78, 5) is 15.2. The minimum absolute atomic E-state index is 0. The largest absolute Gasteiger partial charge is 0.493 e. The van der Waals surface area contributed by atoms with Crippen LogP contribution in [0.4, 0.5) is 0 Å². The maximum atomic E-state index is 12.8. The third kappa shape index (κ3) is 6.35. The molecule has 1 saturated heterocycles. The molecule has 4 rings (SSSR count). The highest BCUT2D eigenvalue weighted by molar-refractivity contribution is 5.85. The number of nitrogens with zero attached hydrogens (tertiary/aromatic N) is 1. The summed E-state index contributed by atoms with van der Waals surface area (Å²) in [6.45, 7) is 3.73. The summed E-state index contributed by atoms with van der Waals surface area (Å²) in [5.41, 5.74) is 1.35. The molecule has 1 aromatic heterocycles. The van der Waals surface area contributed by atoms with E-state index in [0.29, 0.717) is 29.1 Å². The van der Waals surface area contributed by atoms with E-state index in [1.807, 2.05) is 48.5 Å². The van der Waals surface area contributed by atoms with Gasteiger partial charge in [-0.1, -0.05) is 49.2 Å². The highest BCUT2D eigenvalue weighted by Gasteiger charge is 2.16. The van der Waals surface area contributed by atoms with E-state index in [0.717, 1.165) is 50.9 Å². The van der Waals surface area contributed by atoms with Crippen LogP contribution in [0.2, 0.25) is 0 Å². The van der Waals surface area contributed by atoms with Gasteiger partial charge in [0.1, 0.15) is 22.5 Å². The first-order valence-corrected chi connectivity index (χ1v) is 11.4. The number of rotatable bonds is 9. The van der Waals surface area contributed by atoms with Crippen molar-refractivity contribution in [2.24, 2.45) is 0 Å². The summed E-state index contributed by atoms with van der Waals surface area (Å²) in [5.74, 6) is 1.16. The standard InChI is InChI=1S/C26H31NO4.ClH/c28-21-13-16-27(17-14-21)15-6-1-2-7-18-30-23-11-8-12-24-26(23)22(29)19-25(31-24)20-9-4-3-5-10-20;/h3-5,8-12,19,21,28H,1-2,6-7,13-18H2;1H. The second kappa shape index (κ2) is 12.0. The molecule has 0 spiro atoms. The lowest BCUT2D eigenvalue weighted by Gasteiger charge is -2.29. The molecule has 172 valence electrons. The van der Waals surface area contributed by atoms with Crippen molar-refractivity contribution in [3.63, 3.8) is 0 Å². The van der Waals surface area contributed by atoms with Crippen LogP contribution in [-0.4, -0.2) is 42.4 Å². The molecule has 1 aliphatic rings. The number of aliphatic hydroxyl groups excluding tert-OH is 1. The molecule has 0 aliphatic carbocycles. The minimum atomic E-state index is -0.102. The lowest BCUT2D eigenvalue weighted by Crippen LogP contribution is -2.36. The summed E-state index contributed by atoms with van der Waals surface area (Å²) >= 11 is 0. The lowest BCUT2D eigenvalue weighted by molar-refractivity contribution is 0.0817. The van der Waals surface area contributed by atoms with E-state index in [2.05, 4.69) is 4.90 Å². The Labute approximate surface area is 195 Å². The first kappa shape index (κ1) is 24.3. The molecule has 0 saturated carbocycles. The van der Waals surface area contributed by atoms with Crippen LogP contribution < -0.4 is 10.2 Å². The Hall–Kier alpha value is -2.34. The van der Waals surface area contributed by atoms with Gasteiger partial charge >= 0.3 is 0 Å². The molecule has 0 unspecified atom stereocenters.